The van der Waals surface area contributed by atoms with Crippen molar-refractivity contribution >= 4 is 5.91 Å². The van der Waals surface area contributed by atoms with Gasteiger partial charge < -0.3 is 20.1 Å². The maximum atomic E-state index is 12.8. The average Bonchev–Trinajstić information content (AvgIpc) is 2.94. The van der Waals surface area contributed by atoms with Crippen molar-refractivity contribution in [3.63, 3.8) is 0 Å². The summed E-state index contributed by atoms with van der Waals surface area (Å²) in [5, 5.41) is 14.1. The molecule has 1 aliphatic carbocycles. The fourth-order valence-electron chi connectivity index (χ4n) is 4.27. The Labute approximate surface area is 127 Å². The normalized spacial score (nSPS) is 40.1. The molecule has 5 heteroatoms. The maximum Gasteiger partial charge on any atom is 0.229 e. The zero-order valence-corrected chi connectivity index (χ0v) is 13.0. The van der Waals surface area contributed by atoms with E-state index in [2.05, 4.69) is 12.2 Å². The number of nitrogens with zero attached hydrogens (tertiary/aromatic N) is 1. The summed E-state index contributed by atoms with van der Waals surface area (Å²) in [6.07, 6.45) is 5.01. The number of hydrogen-bond acceptors (Lipinski definition) is 4. The molecule has 0 radical (unpaired) electrons. The number of carbonyl (C=O) groups is 1. The van der Waals surface area contributed by atoms with Crippen LogP contribution in [0.25, 0.3) is 0 Å². The summed E-state index contributed by atoms with van der Waals surface area (Å²) in [7, 11) is 0. The SMILES string of the molecule is CCNC1COCC1C(=O)N1CCC2(O)CCCCC2C1. The molecule has 0 aromatic heterocycles. The standard InChI is InChI=1S/C16H28N2O3/c1-2-17-14-11-21-10-13(14)15(19)18-8-7-16(20)6-4-3-5-12(16)9-18/h12-14,17,20H,2-11H2,1H3. The van der Waals surface area contributed by atoms with Gasteiger partial charge in [-0.1, -0.05) is 19.8 Å². The van der Waals surface area contributed by atoms with Gasteiger partial charge in [-0.05, 0) is 25.8 Å². The Morgan fingerprint density at radius 3 is 3.05 bits per heavy atom. The molecule has 0 aromatic carbocycles. The highest BCUT2D eigenvalue weighted by atomic mass is 16.5. The Balaban J connectivity index is 1.63. The third-order valence-corrected chi connectivity index (χ3v) is 5.60. The van der Waals surface area contributed by atoms with Gasteiger partial charge in [-0.2, -0.15) is 0 Å². The lowest BCUT2D eigenvalue weighted by Gasteiger charge is -2.48. The molecule has 120 valence electrons. The Hall–Kier alpha value is -0.650. The number of piperidine rings is 1. The molecular formula is C16H28N2O3. The van der Waals surface area contributed by atoms with E-state index in [-0.39, 0.29) is 23.8 Å². The minimum atomic E-state index is -0.512. The minimum Gasteiger partial charge on any atom is -0.389 e. The summed E-state index contributed by atoms with van der Waals surface area (Å²) in [5.74, 6) is 0.426. The number of amides is 1. The molecule has 21 heavy (non-hydrogen) atoms. The van der Waals surface area contributed by atoms with Crippen molar-refractivity contribution in [1.82, 2.24) is 10.2 Å². The number of hydrogen-bond donors (Lipinski definition) is 2. The number of nitrogens with one attached hydrogen (secondary N) is 1. The molecule has 1 saturated carbocycles. The van der Waals surface area contributed by atoms with Crippen LogP contribution in [0, 0.1) is 11.8 Å². The first-order valence-electron chi connectivity index (χ1n) is 8.46. The van der Waals surface area contributed by atoms with Gasteiger partial charge in [-0.15, -0.1) is 0 Å². The number of likely N-dealkylation sites (tertiary alicyclic amines) is 1. The molecule has 3 fully saturated rings. The van der Waals surface area contributed by atoms with Gasteiger partial charge in [-0.25, -0.2) is 0 Å². The van der Waals surface area contributed by atoms with Crippen molar-refractivity contribution < 1.29 is 14.6 Å². The first-order chi connectivity index (χ1) is 10.1. The van der Waals surface area contributed by atoms with Crippen molar-refractivity contribution in [1.29, 1.82) is 0 Å². The molecule has 5 nitrogen and oxygen atoms in total. The highest BCUT2D eigenvalue weighted by Gasteiger charge is 2.45. The van der Waals surface area contributed by atoms with E-state index >= 15 is 0 Å². The zero-order chi connectivity index (χ0) is 14.9. The number of likely N-dealkylation sites (N-methyl/N-ethyl adjacent to an activating group) is 1. The summed E-state index contributed by atoms with van der Waals surface area (Å²) in [6.45, 7) is 5.50. The summed E-state index contributed by atoms with van der Waals surface area (Å²) < 4.78 is 5.50. The van der Waals surface area contributed by atoms with E-state index in [0.29, 0.717) is 19.8 Å². The molecule has 4 unspecified atom stereocenters. The number of rotatable bonds is 3. The van der Waals surface area contributed by atoms with Gasteiger partial charge >= 0.3 is 0 Å². The first kappa shape index (κ1) is 15.3. The van der Waals surface area contributed by atoms with Crippen molar-refractivity contribution in [2.75, 3.05) is 32.8 Å². The second-order valence-electron chi connectivity index (χ2n) is 6.89. The summed E-state index contributed by atoms with van der Waals surface area (Å²) >= 11 is 0. The van der Waals surface area contributed by atoms with Crippen LogP contribution < -0.4 is 5.32 Å². The maximum absolute atomic E-state index is 12.8. The Kier molecular flexibility index (Phi) is 4.52. The van der Waals surface area contributed by atoms with E-state index in [9.17, 15) is 9.90 Å². The van der Waals surface area contributed by atoms with Crippen molar-refractivity contribution in [3.05, 3.63) is 0 Å². The molecule has 2 saturated heterocycles. The van der Waals surface area contributed by atoms with Crippen LogP contribution in [0.1, 0.15) is 39.0 Å². The lowest BCUT2D eigenvalue weighted by molar-refractivity contribution is -0.147. The molecule has 0 aromatic rings. The second-order valence-corrected chi connectivity index (χ2v) is 6.89. The third-order valence-electron chi connectivity index (χ3n) is 5.60. The lowest BCUT2D eigenvalue weighted by Crippen LogP contribution is -2.57. The van der Waals surface area contributed by atoms with E-state index in [1.165, 1.54) is 6.42 Å². The van der Waals surface area contributed by atoms with Crippen LogP contribution in [0.5, 0.6) is 0 Å². The molecule has 2 N–H and O–H groups in total. The molecular weight excluding hydrogens is 268 g/mol. The van der Waals surface area contributed by atoms with Gasteiger partial charge in [0.05, 0.1) is 24.7 Å². The minimum absolute atomic E-state index is 0.0558. The van der Waals surface area contributed by atoms with E-state index in [1.54, 1.807) is 0 Å². The van der Waals surface area contributed by atoms with Gasteiger partial charge in [-0.3, -0.25) is 4.79 Å². The fourth-order valence-corrected chi connectivity index (χ4v) is 4.27. The number of carbonyl (C=O) groups excluding carboxylic acids is 1. The topological polar surface area (TPSA) is 61.8 Å². The van der Waals surface area contributed by atoms with Crippen molar-refractivity contribution in [3.8, 4) is 0 Å². The smallest absolute Gasteiger partial charge is 0.229 e. The van der Waals surface area contributed by atoms with E-state index in [4.69, 9.17) is 4.74 Å². The molecule has 2 heterocycles. The second kappa shape index (κ2) is 6.23. The largest absolute Gasteiger partial charge is 0.389 e. The molecule has 2 aliphatic heterocycles. The Morgan fingerprint density at radius 1 is 1.38 bits per heavy atom. The summed E-state index contributed by atoms with van der Waals surface area (Å²) in [4.78, 5) is 14.8. The molecule has 0 bridgehead atoms. The highest BCUT2D eigenvalue weighted by molar-refractivity contribution is 5.80. The average molecular weight is 296 g/mol. The van der Waals surface area contributed by atoms with Crippen LogP contribution in [0.4, 0.5) is 0 Å². The van der Waals surface area contributed by atoms with Crippen LogP contribution in [0.15, 0.2) is 0 Å². The molecule has 3 aliphatic rings. The van der Waals surface area contributed by atoms with Crippen LogP contribution in [0.2, 0.25) is 0 Å². The van der Waals surface area contributed by atoms with Crippen molar-refractivity contribution in [2.45, 2.75) is 50.7 Å². The molecule has 3 rings (SSSR count). The number of ether oxygens (including phenoxy) is 1. The van der Waals surface area contributed by atoms with E-state index in [1.807, 2.05) is 4.90 Å². The van der Waals surface area contributed by atoms with Gasteiger partial charge in [0.25, 0.3) is 0 Å². The van der Waals surface area contributed by atoms with Crippen LogP contribution in [0.3, 0.4) is 0 Å². The highest BCUT2D eigenvalue weighted by Crippen LogP contribution is 2.40. The van der Waals surface area contributed by atoms with Gasteiger partial charge in [0.2, 0.25) is 5.91 Å². The fraction of sp³-hybridized carbons (Fsp3) is 0.938. The zero-order valence-electron chi connectivity index (χ0n) is 13.0. The number of fused-ring (bicyclic) bond motifs is 1. The van der Waals surface area contributed by atoms with Crippen molar-refractivity contribution in [2.24, 2.45) is 11.8 Å². The molecule has 4 atom stereocenters. The predicted molar refractivity (Wildman–Crippen MR) is 79.9 cm³/mol. The quantitative estimate of drug-likeness (QED) is 0.807. The molecule has 1 amide bonds. The lowest BCUT2D eigenvalue weighted by atomic mass is 9.71. The first-order valence-corrected chi connectivity index (χ1v) is 8.46. The van der Waals surface area contributed by atoms with E-state index < -0.39 is 5.60 Å². The van der Waals surface area contributed by atoms with Gasteiger partial charge in [0.1, 0.15) is 0 Å². The number of aliphatic hydroxyl groups is 1. The third kappa shape index (κ3) is 2.96. The van der Waals surface area contributed by atoms with Gasteiger partial charge in [0.15, 0.2) is 0 Å². The summed E-state index contributed by atoms with van der Waals surface area (Å²) in [5.41, 5.74) is -0.512. The van der Waals surface area contributed by atoms with E-state index in [0.717, 1.165) is 38.8 Å². The Bertz CT molecular complexity index is 390. The Morgan fingerprint density at radius 2 is 2.24 bits per heavy atom. The monoisotopic (exact) mass is 296 g/mol. The van der Waals surface area contributed by atoms with Gasteiger partial charge in [0, 0.05) is 25.0 Å². The predicted octanol–water partition coefficient (Wildman–Crippen LogP) is 0.764. The van der Waals surface area contributed by atoms with Crippen LogP contribution in [-0.2, 0) is 9.53 Å². The molecule has 0 spiro atoms. The van der Waals surface area contributed by atoms with Crippen LogP contribution >= 0.6 is 0 Å². The van der Waals surface area contributed by atoms with Crippen LogP contribution in [-0.4, -0.2) is 60.4 Å². The summed E-state index contributed by atoms with van der Waals surface area (Å²) in [6, 6.07) is 0.148.